The topological polar surface area (TPSA) is 125 Å². The third-order valence-electron chi connectivity index (χ3n) is 2.12. The van der Waals surface area contributed by atoms with Crippen molar-refractivity contribution in [1.82, 2.24) is 9.97 Å². The molecule has 0 saturated carbocycles. The molecule has 0 spiro atoms. The second-order valence-corrected chi connectivity index (χ2v) is 5.47. The monoisotopic (exact) mass is 307 g/mol. The fraction of sp³-hybridized carbons (Fsp3) is 0.0909. The van der Waals surface area contributed by atoms with Gasteiger partial charge < -0.3 is 16.0 Å². The Morgan fingerprint density at radius 1 is 1.65 bits per heavy atom. The van der Waals surface area contributed by atoms with E-state index in [4.69, 9.17) is 11.0 Å². The van der Waals surface area contributed by atoms with Crippen LogP contribution >= 0.6 is 23.1 Å². The van der Waals surface area contributed by atoms with Crippen LogP contribution in [-0.2, 0) is 4.79 Å². The third-order valence-corrected chi connectivity index (χ3v) is 3.82. The molecule has 1 amide bonds. The molecular formula is C11H9N5O2S2. The second kappa shape index (κ2) is 6.23. The number of hydrogen-bond donors (Lipinski definition) is 3. The van der Waals surface area contributed by atoms with Crippen molar-refractivity contribution in [2.45, 2.75) is 5.16 Å². The summed E-state index contributed by atoms with van der Waals surface area (Å²) in [7, 11) is 0. The van der Waals surface area contributed by atoms with E-state index in [0.717, 1.165) is 17.8 Å². The van der Waals surface area contributed by atoms with E-state index in [9.17, 15) is 9.59 Å². The normalized spacial score (nSPS) is 9.95. The number of nitrogens with two attached hydrogens (primary N) is 1. The average molecular weight is 307 g/mol. The molecule has 20 heavy (non-hydrogen) atoms. The second-order valence-electron chi connectivity index (χ2n) is 3.59. The fourth-order valence-electron chi connectivity index (χ4n) is 1.31. The molecule has 0 aliphatic rings. The van der Waals surface area contributed by atoms with Crippen LogP contribution < -0.4 is 16.6 Å². The van der Waals surface area contributed by atoms with Crippen LogP contribution in [0.3, 0.4) is 0 Å². The molecule has 0 atom stereocenters. The van der Waals surface area contributed by atoms with Gasteiger partial charge in [-0.05, 0) is 11.4 Å². The number of anilines is 2. The molecule has 0 bridgehead atoms. The highest BCUT2D eigenvalue weighted by Crippen LogP contribution is 2.22. The van der Waals surface area contributed by atoms with Gasteiger partial charge >= 0.3 is 0 Å². The Balaban J connectivity index is 1.96. The number of rotatable bonds is 4. The lowest BCUT2D eigenvalue weighted by atomic mass is 10.3. The first kappa shape index (κ1) is 14.1. The summed E-state index contributed by atoms with van der Waals surface area (Å²) < 4.78 is 0. The van der Waals surface area contributed by atoms with E-state index in [1.807, 2.05) is 6.07 Å². The van der Waals surface area contributed by atoms with Gasteiger partial charge in [-0.1, -0.05) is 11.8 Å². The quantitative estimate of drug-likeness (QED) is 0.572. The largest absolute Gasteiger partial charge is 0.383 e. The number of nitriles is 1. The predicted octanol–water partition coefficient (Wildman–Crippen LogP) is 1.02. The molecule has 0 unspecified atom stereocenters. The van der Waals surface area contributed by atoms with Crippen molar-refractivity contribution in [2.75, 3.05) is 16.8 Å². The summed E-state index contributed by atoms with van der Waals surface area (Å²) in [4.78, 5) is 29.3. The summed E-state index contributed by atoms with van der Waals surface area (Å²) >= 11 is 2.33. The maximum absolute atomic E-state index is 11.7. The molecule has 102 valence electrons. The molecule has 0 radical (unpaired) electrons. The van der Waals surface area contributed by atoms with Crippen molar-refractivity contribution in [3.8, 4) is 6.07 Å². The van der Waals surface area contributed by atoms with E-state index < -0.39 is 0 Å². The number of amides is 1. The number of aromatic amines is 1. The molecule has 0 aromatic carbocycles. The van der Waals surface area contributed by atoms with Crippen molar-refractivity contribution < 1.29 is 4.79 Å². The highest BCUT2D eigenvalue weighted by atomic mass is 32.2. The number of nitrogens with zero attached hydrogens (tertiary/aromatic N) is 2. The van der Waals surface area contributed by atoms with E-state index in [1.54, 1.807) is 11.4 Å². The van der Waals surface area contributed by atoms with Crippen LogP contribution in [0.5, 0.6) is 0 Å². The first-order valence-electron chi connectivity index (χ1n) is 5.35. The minimum absolute atomic E-state index is 0.0508. The molecule has 4 N–H and O–H groups in total. The van der Waals surface area contributed by atoms with Gasteiger partial charge in [-0.3, -0.25) is 9.59 Å². The third kappa shape index (κ3) is 3.59. The van der Waals surface area contributed by atoms with Crippen LogP contribution in [0.15, 0.2) is 27.5 Å². The molecule has 0 saturated heterocycles. The zero-order valence-corrected chi connectivity index (χ0v) is 11.7. The molecule has 2 aromatic heterocycles. The van der Waals surface area contributed by atoms with E-state index in [1.165, 1.54) is 11.3 Å². The van der Waals surface area contributed by atoms with Crippen LogP contribution in [-0.4, -0.2) is 21.6 Å². The number of nitrogens with one attached hydrogen (secondary N) is 2. The average Bonchev–Trinajstić information content (AvgIpc) is 2.82. The summed E-state index contributed by atoms with van der Waals surface area (Å²) in [6, 6.07) is 4.77. The summed E-state index contributed by atoms with van der Waals surface area (Å²) in [5.41, 5.74) is 5.48. The Hall–Kier alpha value is -2.31. The molecule has 0 fully saturated rings. The number of carbonyl (C=O) groups excluding carboxylic acids is 1. The summed E-state index contributed by atoms with van der Waals surface area (Å²) in [6.45, 7) is 0. The first-order valence-corrected chi connectivity index (χ1v) is 7.22. The number of thioether (sulfide) groups is 1. The lowest BCUT2D eigenvalue weighted by Crippen LogP contribution is -2.15. The number of aromatic nitrogens is 2. The Morgan fingerprint density at radius 2 is 2.45 bits per heavy atom. The minimum Gasteiger partial charge on any atom is -0.383 e. The summed E-state index contributed by atoms with van der Waals surface area (Å²) in [6.07, 6.45) is 0. The van der Waals surface area contributed by atoms with Gasteiger partial charge in [-0.25, -0.2) is 4.98 Å². The van der Waals surface area contributed by atoms with E-state index in [-0.39, 0.29) is 28.2 Å². The Bertz CT molecular complexity index is 731. The van der Waals surface area contributed by atoms with E-state index >= 15 is 0 Å². The van der Waals surface area contributed by atoms with Crippen molar-refractivity contribution in [2.24, 2.45) is 0 Å². The molecule has 0 aliphatic carbocycles. The van der Waals surface area contributed by atoms with Crippen molar-refractivity contribution >= 4 is 39.8 Å². The maximum Gasteiger partial charge on any atom is 0.253 e. The lowest BCUT2D eigenvalue weighted by Gasteiger charge is -2.03. The number of thiophene rings is 1. The Morgan fingerprint density at radius 3 is 3.15 bits per heavy atom. The molecule has 9 heteroatoms. The van der Waals surface area contributed by atoms with Gasteiger partial charge in [0.05, 0.1) is 11.3 Å². The molecule has 2 aromatic rings. The molecule has 7 nitrogen and oxygen atoms in total. The Kier molecular flexibility index (Phi) is 4.39. The Labute approximate surface area is 121 Å². The van der Waals surface area contributed by atoms with Gasteiger partial charge in [0.15, 0.2) is 5.16 Å². The summed E-state index contributed by atoms with van der Waals surface area (Å²) in [5.74, 6) is -0.143. The van der Waals surface area contributed by atoms with Gasteiger partial charge in [0, 0.05) is 6.07 Å². The smallest absolute Gasteiger partial charge is 0.253 e. The van der Waals surface area contributed by atoms with Crippen LogP contribution in [0.1, 0.15) is 5.56 Å². The lowest BCUT2D eigenvalue weighted by molar-refractivity contribution is -0.113. The van der Waals surface area contributed by atoms with Crippen LogP contribution in [0.25, 0.3) is 0 Å². The van der Waals surface area contributed by atoms with Gasteiger partial charge in [-0.2, -0.15) is 5.26 Å². The molecule has 2 heterocycles. The highest BCUT2D eigenvalue weighted by Gasteiger charge is 2.09. The molecule has 2 rings (SSSR count). The van der Waals surface area contributed by atoms with Gasteiger partial charge in [-0.15, -0.1) is 11.3 Å². The number of H-pyrrole nitrogens is 1. The maximum atomic E-state index is 11.7. The predicted molar refractivity (Wildman–Crippen MR) is 77.7 cm³/mol. The van der Waals surface area contributed by atoms with Crippen LogP contribution in [0, 0.1) is 11.3 Å². The van der Waals surface area contributed by atoms with Crippen LogP contribution in [0.4, 0.5) is 10.8 Å². The van der Waals surface area contributed by atoms with Gasteiger partial charge in [0.25, 0.3) is 5.56 Å². The first-order chi connectivity index (χ1) is 9.58. The van der Waals surface area contributed by atoms with Gasteiger partial charge in [0.1, 0.15) is 16.9 Å². The SMILES string of the molecule is N#Cc1ccsc1NC(=O)CSc1nc(N)cc(=O)[nH]1. The van der Waals surface area contributed by atoms with Gasteiger partial charge in [0.2, 0.25) is 5.91 Å². The number of carbonyl (C=O) groups is 1. The van der Waals surface area contributed by atoms with Crippen molar-refractivity contribution in [3.63, 3.8) is 0 Å². The highest BCUT2D eigenvalue weighted by molar-refractivity contribution is 7.99. The fourth-order valence-corrected chi connectivity index (χ4v) is 2.75. The van der Waals surface area contributed by atoms with E-state index in [2.05, 4.69) is 15.3 Å². The number of hydrogen-bond acceptors (Lipinski definition) is 7. The van der Waals surface area contributed by atoms with Crippen molar-refractivity contribution in [1.29, 1.82) is 5.26 Å². The van der Waals surface area contributed by atoms with Crippen molar-refractivity contribution in [3.05, 3.63) is 33.4 Å². The van der Waals surface area contributed by atoms with Crippen LogP contribution in [0.2, 0.25) is 0 Å². The molecule has 0 aliphatic heterocycles. The zero-order valence-electron chi connectivity index (χ0n) is 10.0. The standard InChI is InChI=1S/C11H9N5O2S2/c12-4-6-1-2-19-10(6)15-9(18)5-20-11-14-7(13)3-8(17)16-11/h1-3H,5H2,(H,15,18)(H3,13,14,16,17). The van der Waals surface area contributed by atoms with E-state index in [0.29, 0.717) is 10.6 Å². The minimum atomic E-state index is -0.370. The zero-order chi connectivity index (χ0) is 14.5. The molecular weight excluding hydrogens is 298 g/mol. The number of nitrogen functional groups attached to an aromatic ring is 1. The summed E-state index contributed by atoms with van der Waals surface area (Å²) in [5, 5.41) is 14.0.